The summed E-state index contributed by atoms with van der Waals surface area (Å²) in [6.45, 7) is 1.18. The van der Waals surface area contributed by atoms with Crippen LogP contribution in [0.1, 0.15) is 21.6 Å². The molecule has 0 saturated carbocycles. The van der Waals surface area contributed by atoms with Crippen molar-refractivity contribution in [3.63, 3.8) is 0 Å². The molecule has 1 aromatic carbocycles. The monoisotopic (exact) mass is 386 g/mol. The van der Waals surface area contributed by atoms with Gasteiger partial charge in [-0.15, -0.1) is 0 Å². The number of nitrogens with zero attached hydrogens (tertiary/aromatic N) is 4. The fourth-order valence-electron chi connectivity index (χ4n) is 3.46. The SMILES string of the molecule is NC(=O)c1cccn2c(-c3nc4c(c(NCc5ccccc5)n3)OCC4)ncc12. The third-order valence-corrected chi connectivity index (χ3v) is 4.86. The number of pyridine rings is 1. The average Bonchev–Trinajstić information content (AvgIpc) is 3.39. The van der Waals surface area contributed by atoms with Gasteiger partial charge in [0.1, 0.15) is 0 Å². The van der Waals surface area contributed by atoms with Crippen molar-refractivity contribution in [2.45, 2.75) is 13.0 Å². The van der Waals surface area contributed by atoms with E-state index in [0.29, 0.717) is 53.9 Å². The van der Waals surface area contributed by atoms with E-state index in [1.165, 1.54) is 0 Å². The minimum atomic E-state index is -0.504. The maximum atomic E-state index is 11.7. The molecule has 8 heteroatoms. The van der Waals surface area contributed by atoms with Crippen molar-refractivity contribution in [2.75, 3.05) is 11.9 Å². The first-order chi connectivity index (χ1) is 14.2. The fourth-order valence-corrected chi connectivity index (χ4v) is 3.46. The zero-order valence-corrected chi connectivity index (χ0v) is 15.5. The number of carbonyl (C=O) groups excluding carboxylic acids is 1. The van der Waals surface area contributed by atoms with Crippen LogP contribution < -0.4 is 15.8 Å². The van der Waals surface area contributed by atoms with Gasteiger partial charge >= 0.3 is 0 Å². The second kappa shape index (κ2) is 6.90. The number of fused-ring (bicyclic) bond motifs is 2. The summed E-state index contributed by atoms with van der Waals surface area (Å²) < 4.78 is 7.53. The molecule has 4 aromatic rings. The van der Waals surface area contributed by atoms with Crippen molar-refractivity contribution in [1.82, 2.24) is 19.4 Å². The number of rotatable bonds is 5. The average molecular weight is 386 g/mol. The molecule has 0 spiro atoms. The number of carbonyl (C=O) groups is 1. The first kappa shape index (κ1) is 17.2. The van der Waals surface area contributed by atoms with E-state index in [4.69, 9.17) is 10.5 Å². The molecule has 0 atom stereocenters. The minimum absolute atomic E-state index is 0.401. The zero-order chi connectivity index (χ0) is 19.8. The van der Waals surface area contributed by atoms with E-state index in [9.17, 15) is 4.79 Å². The molecule has 4 heterocycles. The molecule has 0 saturated heterocycles. The van der Waals surface area contributed by atoms with Gasteiger partial charge in [-0.1, -0.05) is 30.3 Å². The van der Waals surface area contributed by atoms with Gasteiger partial charge in [0.15, 0.2) is 23.2 Å². The predicted octanol–water partition coefficient (Wildman–Crippen LogP) is 2.44. The van der Waals surface area contributed by atoms with Crippen LogP contribution in [-0.4, -0.2) is 31.9 Å². The van der Waals surface area contributed by atoms with Gasteiger partial charge in [-0.2, -0.15) is 0 Å². The van der Waals surface area contributed by atoms with E-state index in [1.54, 1.807) is 22.7 Å². The van der Waals surface area contributed by atoms with Crippen LogP contribution in [0.25, 0.3) is 17.2 Å². The Kier molecular flexibility index (Phi) is 4.09. The van der Waals surface area contributed by atoms with E-state index in [0.717, 1.165) is 11.3 Å². The smallest absolute Gasteiger partial charge is 0.250 e. The number of nitrogens with two attached hydrogens (primary N) is 1. The number of imidazole rings is 1. The van der Waals surface area contributed by atoms with Crippen molar-refractivity contribution in [1.29, 1.82) is 0 Å². The molecular weight excluding hydrogens is 368 g/mol. The molecule has 8 nitrogen and oxygen atoms in total. The molecule has 0 radical (unpaired) electrons. The summed E-state index contributed by atoms with van der Waals surface area (Å²) in [6.07, 6.45) is 4.13. The summed E-state index contributed by atoms with van der Waals surface area (Å²) >= 11 is 0. The topological polar surface area (TPSA) is 107 Å². The Hall–Kier alpha value is -3.94. The largest absolute Gasteiger partial charge is 0.487 e. The first-order valence-electron chi connectivity index (χ1n) is 9.28. The van der Waals surface area contributed by atoms with Crippen LogP contribution in [0.2, 0.25) is 0 Å². The number of aromatic nitrogens is 4. The highest BCUT2D eigenvalue weighted by molar-refractivity contribution is 5.99. The summed E-state index contributed by atoms with van der Waals surface area (Å²) in [4.78, 5) is 25.5. The summed E-state index contributed by atoms with van der Waals surface area (Å²) in [6, 6.07) is 13.5. The zero-order valence-electron chi connectivity index (χ0n) is 15.5. The molecule has 1 amide bonds. The van der Waals surface area contributed by atoms with Gasteiger partial charge in [0.05, 0.1) is 29.6 Å². The number of hydrogen-bond acceptors (Lipinski definition) is 6. The standard InChI is InChI=1S/C21H18N6O2/c22-18(28)14-7-4-9-27-16(14)12-24-21(27)20-25-15-8-10-29-17(15)19(26-20)23-11-13-5-2-1-3-6-13/h1-7,9,12H,8,10-11H2,(H2,22,28)(H,23,25,26). The quantitative estimate of drug-likeness (QED) is 0.545. The molecule has 0 unspecified atom stereocenters. The lowest BCUT2D eigenvalue weighted by Crippen LogP contribution is -2.12. The van der Waals surface area contributed by atoms with E-state index in [2.05, 4.69) is 20.3 Å². The van der Waals surface area contributed by atoms with Gasteiger partial charge in [0.25, 0.3) is 5.91 Å². The lowest BCUT2D eigenvalue weighted by atomic mass is 10.2. The Balaban J connectivity index is 1.57. The third kappa shape index (κ3) is 3.04. The van der Waals surface area contributed by atoms with Gasteiger partial charge in [-0.3, -0.25) is 9.20 Å². The summed E-state index contributed by atoms with van der Waals surface area (Å²) in [5.74, 6) is 1.82. The van der Waals surface area contributed by atoms with Crippen LogP contribution in [0.3, 0.4) is 0 Å². The summed E-state index contributed by atoms with van der Waals surface area (Å²) in [5, 5.41) is 3.35. The number of primary amides is 1. The second-order valence-corrected chi connectivity index (χ2v) is 6.73. The van der Waals surface area contributed by atoms with E-state index < -0.39 is 5.91 Å². The van der Waals surface area contributed by atoms with Crippen LogP contribution in [0.15, 0.2) is 54.9 Å². The molecule has 1 aliphatic heterocycles. The van der Waals surface area contributed by atoms with Crippen LogP contribution in [0.5, 0.6) is 5.75 Å². The Morgan fingerprint density at radius 3 is 2.86 bits per heavy atom. The maximum absolute atomic E-state index is 11.7. The van der Waals surface area contributed by atoms with Gasteiger partial charge in [0.2, 0.25) is 0 Å². The molecule has 144 valence electrons. The molecule has 1 aliphatic rings. The summed E-state index contributed by atoms with van der Waals surface area (Å²) in [5.41, 5.74) is 8.48. The number of amides is 1. The van der Waals surface area contributed by atoms with Gasteiger partial charge in [-0.25, -0.2) is 15.0 Å². The number of ether oxygens (including phenoxy) is 1. The molecule has 0 fully saturated rings. The lowest BCUT2D eigenvalue weighted by Gasteiger charge is -2.11. The highest BCUT2D eigenvalue weighted by Crippen LogP contribution is 2.33. The van der Waals surface area contributed by atoms with Gasteiger partial charge in [-0.05, 0) is 17.7 Å². The minimum Gasteiger partial charge on any atom is -0.487 e. The molecule has 29 heavy (non-hydrogen) atoms. The summed E-state index contributed by atoms with van der Waals surface area (Å²) in [7, 11) is 0. The van der Waals surface area contributed by atoms with E-state index in [-0.39, 0.29) is 0 Å². The number of hydrogen-bond donors (Lipinski definition) is 2. The van der Waals surface area contributed by atoms with Crippen LogP contribution in [0, 0.1) is 0 Å². The highest BCUT2D eigenvalue weighted by atomic mass is 16.5. The van der Waals surface area contributed by atoms with Crippen LogP contribution in [-0.2, 0) is 13.0 Å². The van der Waals surface area contributed by atoms with Crippen molar-refractivity contribution in [3.05, 3.63) is 71.7 Å². The predicted molar refractivity (Wildman–Crippen MR) is 108 cm³/mol. The molecule has 0 aliphatic carbocycles. The molecule has 3 N–H and O–H groups in total. The Morgan fingerprint density at radius 2 is 2.03 bits per heavy atom. The molecular formula is C21H18N6O2. The molecule has 0 bridgehead atoms. The van der Waals surface area contributed by atoms with Crippen molar-refractivity contribution < 1.29 is 9.53 Å². The first-order valence-corrected chi connectivity index (χ1v) is 9.28. The van der Waals surface area contributed by atoms with Crippen molar-refractivity contribution in [3.8, 4) is 17.4 Å². The Morgan fingerprint density at radius 1 is 1.17 bits per heavy atom. The molecule has 3 aromatic heterocycles. The Labute approximate surface area is 166 Å². The number of anilines is 1. The van der Waals surface area contributed by atoms with E-state index in [1.807, 2.05) is 36.5 Å². The number of benzene rings is 1. The lowest BCUT2D eigenvalue weighted by molar-refractivity contribution is 0.100. The Bertz CT molecular complexity index is 1220. The van der Waals surface area contributed by atoms with Crippen LogP contribution in [0.4, 0.5) is 5.82 Å². The number of nitrogens with one attached hydrogen (secondary N) is 1. The maximum Gasteiger partial charge on any atom is 0.250 e. The second-order valence-electron chi connectivity index (χ2n) is 6.73. The fraction of sp³-hybridized carbons (Fsp3) is 0.143. The normalized spacial score (nSPS) is 12.6. The van der Waals surface area contributed by atoms with Crippen LogP contribution >= 0.6 is 0 Å². The van der Waals surface area contributed by atoms with Gasteiger partial charge < -0.3 is 15.8 Å². The highest BCUT2D eigenvalue weighted by Gasteiger charge is 2.23. The van der Waals surface area contributed by atoms with Crippen molar-refractivity contribution >= 4 is 17.2 Å². The van der Waals surface area contributed by atoms with E-state index >= 15 is 0 Å². The van der Waals surface area contributed by atoms with Gasteiger partial charge in [0, 0.05) is 19.2 Å². The third-order valence-electron chi connectivity index (χ3n) is 4.86. The molecule has 5 rings (SSSR count). The van der Waals surface area contributed by atoms with Crippen molar-refractivity contribution in [2.24, 2.45) is 5.73 Å².